The highest BCUT2D eigenvalue weighted by atomic mass is 32.2. The summed E-state index contributed by atoms with van der Waals surface area (Å²) in [6, 6.07) is 3.45. The molecular formula is C18H18F4N2O4S2. The van der Waals surface area contributed by atoms with E-state index < -0.39 is 65.2 Å². The summed E-state index contributed by atoms with van der Waals surface area (Å²) in [7, 11) is -8.15. The monoisotopic (exact) mass is 466 g/mol. The molecule has 0 spiro atoms. The van der Waals surface area contributed by atoms with Gasteiger partial charge >= 0.3 is 0 Å². The lowest BCUT2D eigenvalue weighted by Gasteiger charge is -2.29. The molecule has 3 rings (SSSR count). The summed E-state index contributed by atoms with van der Waals surface area (Å²) in [5, 5.41) is 0. The largest absolute Gasteiger partial charge is 0.240 e. The maximum absolute atomic E-state index is 13.3. The van der Waals surface area contributed by atoms with Gasteiger partial charge in [0.2, 0.25) is 20.0 Å². The van der Waals surface area contributed by atoms with Crippen LogP contribution in [0.5, 0.6) is 0 Å². The summed E-state index contributed by atoms with van der Waals surface area (Å²) in [5.41, 5.74) is 0. The molecule has 164 valence electrons. The summed E-state index contributed by atoms with van der Waals surface area (Å²) in [5.74, 6) is -4.90. The van der Waals surface area contributed by atoms with Crippen LogP contribution in [-0.4, -0.2) is 28.9 Å². The van der Waals surface area contributed by atoms with E-state index in [9.17, 15) is 34.4 Å². The van der Waals surface area contributed by atoms with E-state index in [-0.39, 0.29) is 25.7 Å². The molecule has 1 aliphatic carbocycles. The first kappa shape index (κ1) is 22.7. The molecule has 0 bridgehead atoms. The minimum atomic E-state index is -4.08. The van der Waals surface area contributed by atoms with Crippen LogP contribution in [0.2, 0.25) is 0 Å². The average molecular weight is 466 g/mol. The van der Waals surface area contributed by atoms with Crippen LogP contribution >= 0.6 is 0 Å². The second-order valence-electron chi connectivity index (χ2n) is 6.94. The van der Waals surface area contributed by atoms with E-state index >= 15 is 0 Å². The van der Waals surface area contributed by atoms with Crippen molar-refractivity contribution in [2.75, 3.05) is 0 Å². The molecule has 0 saturated heterocycles. The molecule has 1 fully saturated rings. The zero-order valence-electron chi connectivity index (χ0n) is 15.4. The molecule has 6 nitrogen and oxygen atoms in total. The Morgan fingerprint density at radius 2 is 0.933 bits per heavy atom. The maximum atomic E-state index is 13.3. The smallest absolute Gasteiger partial charge is 0.208 e. The maximum Gasteiger partial charge on any atom is 0.240 e. The van der Waals surface area contributed by atoms with E-state index in [4.69, 9.17) is 0 Å². The molecule has 0 radical (unpaired) electrons. The zero-order chi connectivity index (χ0) is 22.1. The molecule has 0 heterocycles. The molecule has 1 saturated carbocycles. The molecule has 2 N–H and O–H groups in total. The standard InChI is InChI=1S/C18H18F4N2O4S2/c19-15-7-5-13(9-17(15)21)29(25,26)23-11-1-2-12(4-3-11)24-30(27,28)14-6-8-16(20)18(22)10-14/h5-12,23-24H,1-4H2. The fraction of sp³-hybridized carbons (Fsp3) is 0.333. The SMILES string of the molecule is O=S(=O)(NC1CCC(NS(=O)(=O)c2ccc(F)c(F)c2)CC1)c1ccc(F)c(F)c1. The Morgan fingerprint density at radius 1 is 0.600 bits per heavy atom. The summed E-state index contributed by atoms with van der Waals surface area (Å²) in [4.78, 5) is -0.829. The van der Waals surface area contributed by atoms with E-state index in [0.29, 0.717) is 24.3 Å². The molecule has 0 aromatic heterocycles. The molecular weight excluding hydrogens is 448 g/mol. The summed E-state index contributed by atoms with van der Waals surface area (Å²) >= 11 is 0. The van der Waals surface area contributed by atoms with Crippen LogP contribution in [0.25, 0.3) is 0 Å². The number of benzene rings is 2. The van der Waals surface area contributed by atoms with Crippen molar-refractivity contribution < 1.29 is 34.4 Å². The Labute approximate surface area is 171 Å². The summed E-state index contributed by atoms with van der Waals surface area (Å²) < 4.78 is 107. The third kappa shape index (κ3) is 5.17. The van der Waals surface area contributed by atoms with Gasteiger partial charge in [0.15, 0.2) is 23.3 Å². The Hall–Kier alpha value is -2.02. The van der Waals surface area contributed by atoms with E-state index in [2.05, 4.69) is 9.44 Å². The molecule has 2 aromatic rings. The molecule has 0 unspecified atom stereocenters. The first-order valence-corrected chi connectivity index (χ1v) is 11.9. The molecule has 0 aliphatic heterocycles. The second-order valence-corrected chi connectivity index (χ2v) is 10.4. The molecule has 12 heteroatoms. The number of nitrogens with one attached hydrogen (secondary N) is 2. The lowest BCUT2D eigenvalue weighted by Crippen LogP contribution is -2.43. The van der Waals surface area contributed by atoms with Gasteiger partial charge < -0.3 is 0 Å². The average Bonchev–Trinajstić information content (AvgIpc) is 2.67. The van der Waals surface area contributed by atoms with Crippen molar-refractivity contribution in [1.82, 2.24) is 9.44 Å². The Bertz CT molecular complexity index is 1060. The van der Waals surface area contributed by atoms with Crippen LogP contribution in [-0.2, 0) is 20.0 Å². The normalized spacial score (nSPS) is 20.3. The highest BCUT2D eigenvalue weighted by Gasteiger charge is 2.29. The first-order chi connectivity index (χ1) is 14.0. The van der Waals surface area contributed by atoms with Crippen molar-refractivity contribution in [3.63, 3.8) is 0 Å². The number of sulfonamides is 2. The van der Waals surface area contributed by atoms with Gasteiger partial charge in [0.05, 0.1) is 9.79 Å². The van der Waals surface area contributed by atoms with Crippen LogP contribution in [0.15, 0.2) is 46.2 Å². The molecule has 1 aliphatic rings. The van der Waals surface area contributed by atoms with Crippen molar-refractivity contribution >= 4 is 20.0 Å². The van der Waals surface area contributed by atoms with Gasteiger partial charge in [-0.1, -0.05) is 0 Å². The van der Waals surface area contributed by atoms with Crippen LogP contribution in [0, 0.1) is 23.3 Å². The topological polar surface area (TPSA) is 92.3 Å². The van der Waals surface area contributed by atoms with Crippen LogP contribution in [0.1, 0.15) is 25.7 Å². The molecule has 30 heavy (non-hydrogen) atoms. The fourth-order valence-electron chi connectivity index (χ4n) is 3.19. The van der Waals surface area contributed by atoms with Crippen LogP contribution in [0.3, 0.4) is 0 Å². The lowest BCUT2D eigenvalue weighted by atomic mass is 9.92. The van der Waals surface area contributed by atoms with E-state index in [1.54, 1.807) is 0 Å². The highest BCUT2D eigenvalue weighted by Crippen LogP contribution is 2.23. The molecule has 0 amide bonds. The zero-order valence-corrected chi connectivity index (χ0v) is 17.0. The van der Waals surface area contributed by atoms with Crippen LogP contribution < -0.4 is 9.44 Å². The highest BCUT2D eigenvalue weighted by molar-refractivity contribution is 7.89. The quantitative estimate of drug-likeness (QED) is 0.641. The van der Waals surface area contributed by atoms with Gasteiger partial charge in [0.1, 0.15) is 0 Å². The molecule has 2 aromatic carbocycles. The van der Waals surface area contributed by atoms with Gasteiger partial charge in [-0.3, -0.25) is 0 Å². The lowest BCUT2D eigenvalue weighted by molar-refractivity contribution is 0.356. The minimum absolute atomic E-state index is 0.286. The van der Waals surface area contributed by atoms with Gasteiger partial charge in [-0.05, 0) is 62.1 Å². The van der Waals surface area contributed by atoms with E-state index in [0.717, 1.165) is 12.1 Å². The van der Waals surface area contributed by atoms with Crippen molar-refractivity contribution in [2.45, 2.75) is 47.6 Å². The summed E-state index contributed by atoms with van der Waals surface area (Å²) in [6.45, 7) is 0. The Morgan fingerprint density at radius 3 is 1.23 bits per heavy atom. The number of hydrogen-bond donors (Lipinski definition) is 2. The second kappa shape index (κ2) is 8.61. The van der Waals surface area contributed by atoms with Crippen molar-refractivity contribution in [3.05, 3.63) is 59.7 Å². The Kier molecular flexibility index (Phi) is 6.51. The number of hydrogen-bond acceptors (Lipinski definition) is 4. The fourth-order valence-corrected chi connectivity index (χ4v) is 5.82. The van der Waals surface area contributed by atoms with E-state index in [1.165, 1.54) is 0 Å². The third-order valence-corrected chi connectivity index (χ3v) is 7.81. The number of rotatable bonds is 6. The predicted octanol–water partition coefficient (Wildman–Crippen LogP) is 2.81. The molecule has 0 atom stereocenters. The van der Waals surface area contributed by atoms with Crippen molar-refractivity contribution in [3.8, 4) is 0 Å². The number of halogens is 4. The minimum Gasteiger partial charge on any atom is -0.208 e. The third-order valence-electron chi connectivity index (χ3n) is 4.77. The van der Waals surface area contributed by atoms with Gasteiger partial charge in [0, 0.05) is 12.1 Å². The van der Waals surface area contributed by atoms with Gasteiger partial charge in [0.25, 0.3) is 0 Å². The predicted molar refractivity (Wildman–Crippen MR) is 99.4 cm³/mol. The van der Waals surface area contributed by atoms with Crippen molar-refractivity contribution in [2.24, 2.45) is 0 Å². The van der Waals surface area contributed by atoms with Gasteiger partial charge in [-0.25, -0.2) is 43.8 Å². The first-order valence-electron chi connectivity index (χ1n) is 8.93. The van der Waals surface area contributed by atoms with E-state index in [1.807, 2.05) is 0 Å². The Balaban J connectivity index is 1.60. The summed E-state index contributed by atoms with van der Waals surface area (Å²) in [6.07, 6.45) is 1.14. The van der Waals surface area contributed by atoms with Crippen LogP contribution in [0.4, 0.5) is 17.6 Å². The van der Waals surface area contributed by atoms with Crippen molar-refractivity contribution in [1.29, 1.82) is 0 Å². The van der Waals surface area contributed by atoms with Gasteiger partial charge in [-0.15, -0.1) is 0 Å². The van der Waals surface area contributed by atoms with Gasteiger partial charge in [-0.2, -0.15) is 0 Å².